The number of hydrogen-bond acceptors (Lipinski definition) is 5. The van der Waals surface area contributed by atoms with Crippen molar-refractivity contribution in [2.75, 3.05) is 18.4 Å². The number of thiophene rings is 1. The molecule has 4 heterocycles. The minimum absolute atomic E-state index is 0.117. The van der Waals surface area contributed by atoms with E-state index < -0.39 is 0 Å². The van der Waals surface area contributed by atoms with Gasteiger partial charge in [-0.1, -0.05) is 13.3 Å². The number of furan rings is 1. The molecule has 6 heteroatoms. The molecule has 0 bridgehead atoms. The van der Waals surface area contributed by atoms with Gasteiger partial charge in [0.2, 0.25) is 0 Å². The Labute approximate surface area is 169 Å². The molecule has 5 nitrogen and oxygen atoms in total. The summed E-state index contributed by atoms with van der Waals surface area (Å²) in [7, 11) is 0. The highest BCUT2D eigenvalue weighted by Gasteiger charge is 2.28. The van der Waals surface area contributed by atoms with Crippen LogP contribution in [0.4, 0.5) is 5.00 Å². The molecule has 1 saturated heterocycles. The van der Waals surface area contributed by atoms with Crippen molar-refractivity contribution in [1.29, 1.82) is 0 Å². The highest BCUT2D eigenvalue weighted by atomic mass is 32.1. The molecule has 3 aromatic heterocycles. The van der Waals surface area contributed by atoms with Crippen LogP contribution >= 0.6 is 11.3 Å². The molecule has 1 N–H and O–H groups in total. The van der Waals surface area contributed by atoms with Gasteiger partial charge in [0.25, 0.3) is 5.91 Å². The normalized spacial score (nSPS) is 16.0. The van der Waals surface area contributed by atoms with Gasteiger partial charge in [0.1, 0.15) is 5.00 Å². The Hall–Kier alpha value is -2.44. The summed E-state index contributed by atoms with van der Waals surface area (Å²) in [5.41, 5.74) is 2.38. The van der Waals surface area contributed by atoms with E-state index in [1.165, 1.54) is 36.0 Å². The van der Waals surface area contributed by atoms with Gasteiger partial charge in [-0.3, -0.25) is 14.7 Å². The van der Waals surface area contributed by atoms with Gasteiger partial charge in [-0.05, 0) is 68.2 Å². The summed E-state index contributed by atoms with van der Waals surface area (Å²) in [6.45, 7) is 4.28. The number of likely N-dealkylation sites (tertiary alicyclic amines) is 1. The van der Waals surface area contributed by atoms with Crippen LogP contribution in [0.1, 0.15) is 58.8 Å². The Morgan fingerprint density at radius 3 is 2.71 bits per heavy atom. The monoisotopic (exact) mass is 395 g/mol. The number of nitrogens with one attached hydrogen (secondary N) is 1. The summed E-state index contributed by atoms with van der Waals surface area (Å²) < 4.78 is 5.28. The van der Waals surface area contributed by atoms with Crippen molar-refractivity contribution in [3.8, 4) is 0 Å². The molecule has 0 saturated carbocycles. The predicted molar refractivity (Wildman–Crippen MR) is 112 cm³/mol. The van der Waals surface area contributed by atoms with E-state index in [4.69, 9.17) is 4.42 Å². The Bertz CT molecular complexity index is 899. The van der Waals surface area contributed by atoms with Crippen LogP contribution in [-0.4, -0.2) is 28.9 Å². The maximum Gasteiger partial charge on any atom is 0.291 e. The van der Waals surface area contributed by atoms with Crippen LogP contribution in [-0.2, 0) is 6.42 Å². The summed E-state index contributed by atoms with van der Waals surface area (Å²) >= 11 is 1.66. The van der Waals surface area contributed by atoms with Gasteiger partial charge >= 0.3 is 0 Å². The van der Waals surface area contributed by atoms with Crippen molar-refractivity contribution in [2.45, 2.75) is 38.6 Å². The van der Waals surface area contributed by atoms with Crippen LogP contribution in [0.5, 0.6) is 0 Å². The maximum absolute atomic E-state index is 12.6. The molecule has 1 fully saturated rings. The molecular weight excluding hydrogens is 370 g/mol. The molecule has 1 atom stereocenters. The maximum atomic E-state index is 12.6. The van der Waals surface area contributed by atoms with Crippen molar-refractivity contribution in [1.82, 2.24) is 9.88 Å². The molecule has 0 aromatic carbocycles. The third-order valence-corrected chi connectivity index (χ3v) is 6.42. The lowest BCUT2D eigenvalue weighted by atomic mass is 9.96. The van der Waals surface area contributed by atoms with E-state index in [1.54, 1.807) is 23.5 Å². The van der Waals surface area contributed by atoms with Crippen LogP contribution in [0.2, 0.25) is 0 Å². The molecule has 0 unspecified atom stereocenters. The second-order valence-electron chi connectivity index (χ2n) is 7.06. The third-order valence-electron chi connectivity index (χ3n) is 5.20. The lowest BCUT2D eigenvalue weighted by Crippen LogP contribution is -2.34. The Kier molecular flexibility index (Phi) is 5.88. The van der Waals surface area contributed by atoms with Crippen LogP contribution in [0.15, 0.2) is 53.4 Å². The number of nitrogens with zero attached hydrogens (tertiary/aromatic N) is 2. The average molecular weight is 396 g/mol. The first-order valence-corrected chi connectivity index (χ1v) is 10.7. The van der Waals surface area contributed by atoms with Crippen molar-refractivity contribution in [2.24, 2.45) is 0 Å². The fraction of sp³-hybridized carbons (Fsp3) is 0.364. The number of amides is 1. The molecule has 28 heavy (non-hydrogen) atoms. The number of piperidine rings is 1. The first kappa shape index (κ1) is 18.9. The van der Waals surface area contributed by atoms with E-state index >= 15 is 0 Å². The number of rotatable bonds is 6. The van der Waals surface area contributed by atoms with Crippen molar-refractivity contribution in [3.63, 3.8) is 0 Å². The highest BCUT2D eigenvalue weighted by molar-refractivity contribution is 7.16. The van der Waals surface area contributed by atoms with Gasteiger partial charge < -0.3 is 9.73 Å². The fourth-order valence-corrected chi connectivity index (χ4v) is 4.84. The van der Waals surface area contributed by atoms with E-state index in [-0.39, 0.29) is 11.9 Å². The zero-order valence-electron chi connectivity index (χ0n) is 16.1. The van der Waals surface area contributed by atoms with Crippen LogP contribution in [0.3, 0.4) is 0 Å². The predicted octanol–water partition coefficient (Wildman–Crippen LogP) is 5.13. The standard InChI is InChI=1S/C22H25N3O2S/c1-2-17-15-18(22(28-17)24-21(26)19-7-6-14-27-19)20(16-8-10-23-11-9-16)25-12-4-3-5-13-25/h6-11,14-15,20H,2-5,12-13H2,1H3,(H,24,26)/t20-/m1/s1. The van der Waals surface area contributed by atoms with E-state index in [0.717, 1.165) is 30.1 Å². The number of aryl methyl sites for hydroxylation is 1. The quantitative estimate of drug-likeness (QED) is 0.629. The molecule has 0 radical (unpaired) electrons. The van der Waals surface area contributed by atoms with Crippen molar-refractivity contribution < 1.29 is 9.21 Å². The van der Waals surface area contributed by atoms with E-state index in [1.807, 2.05) is 12.4 Å². The largest absolute Gasteiger partial charge is 0.459 e. The summed E-state index contributed by atoms with van der Waals surface area (Å²) in [6, 6.07) is 9.96. The average Bonchev–Trinajstić information content (AvgIpc) is 3.41. The Balaban J connectivity index is 1.72. The minimum Gasteiger partial charge on any atom is -0.459 e. The lowest BCUT2D eigenvalue weighted by Gasteiger charge is -2.35. The number of aromatic nitrogens is 1. The minimum atomic E-state index is -0.206. The summed E-state index contributed by atoms with van der Waals surface area (Å²) in [4.78, 5) is 20.6. The second kappa shape index (κ2) is 8.71. The molecule has 1 amide bonds. The molecule has 1 aliphatic rings. The van der Waals surface area contributed by atoms with Gasteiger partial charge in [-0.15, -0.1) is 11.3 Å². The van der Waals surface area contributed by atoms with Gasteiger partial charge in [-0.25, -0.2) is 0 Å². The molecule has 0 spiro atoms. The summed E-state index contributed by atoms with van der Waals surface area (Å²) in [5, 5.41) is 4.01. The Morgan fingerprint density at radius 2 is 2.04 bits per heavy atom. The fourth-order valence-electron chi connectivity index (χ4n) is 3.82. The molecule has 146 valence electrons. The van der Waals surface area contributed by atoms with Crippen LogP contribution < -0.4 is 5.32 Å². The number of anilines is 1. The summed E-state index contributed by atoms with van der Waals surface area (Å²) in [6.07, 6.45) is 9.86. The zero-order chi connectivity index (χ0) is 19.3. The SMILES string of the molecule is CCc1cc([C@@H](c2ccncc2)N2CCCCC2)c(NC(=O)c2ccco2)s1. The highest BCUT2D eigenvalue weighted by Crippen LogP contribution is 2.40. The second-order valence-corrected chi connectivity index (χ2v) is 8.20. The molecule has 3 aromatic rings. The number of pyridine rings is 1. The first-order valence-electron chi connectivity index (χ1n) is 9.87. The van der Waals surface area contributed by atoms with Gasteiger partial charge in [0.15, 0.2) is 5.76 Å². The lowest BCUT2D eigenvalue weighted by molar-refractivity contribution is 0.0996. The third kappa shape index (κ3) is 4.03. The van der Waals surface area contributed by atoms with E-state index in [2.05, 4.69) is 40.3 Å². The van der Waals surface area contributed by atoms with Crippen LogP contribution in [0, 0.1) is 0 Å². The molecule has 1 aliphatic heterocycles. The van der Waals surface area contributed by atoms with E-state index in [0.29, 0.717) is 5.76 Å². The smallest absolute Gasteiger partial charge is 0.291 e. The van der Waals surface area contributed by atoms with Crippen LogP contribution in [0.25, 0.3) is 0 Å². The summed E-state index contributed by atoms with van der Waals surface area (Å²) in [5.74, 6) is 0.124. The van der Waals surface area contributed by atoms with E-state index in [9.17, 15) is 4.79 Å². The zero-order valence-corrected chi connectivity index (χ0v) is 16.9. The molecular formula is C22H25N3O2S. The van der Waals surface area contributed by atoms with Gasteiger partial charge in [0, 0.05) is 22.8 Å². The number of hydrogen-bond donors (Lipinski definition) is 1. The molecule has 0 aliphatic carbocycles. The molecule has 4 rings (SSSR count). The topological polar surface area (TPSA) is 58.4 Å². The van der Waals surface area contributed by atoms with Crippen molar-refractivity contribution in [3.05, 3.63) is 70.8 Å². The first-order chi connectivity index (χ1) is 13.8. The Morgan fingerprint density at radius 1 is 1.25 bits per heavy atom. The van der Waals surface area contributed by atoms with Gasteiger partial charge in [-0.2, -0.15) is 0 Å². The number of carbonyl (C=O) groups is 1. The van der Waals surface area contributed by atoms with Gasteiger partial charge in [0.05, 0.1) is 12.3 Å². The number of carbonyl (C=O) groups excluding carboxylic acids is 1. The van der Waals surface area contributed by atoms with Crippen molar-refractivity contribution >= 4 is 22.2 Å².